The fraction of sp³-hybridized carbons (Fsp3) is 0.714. The highest BCUT2D eigenvalue weighted by molar-refractivity contribution is 8.13. The van der Waals surface area contributed by atoms with Crippen molar-refractivity contribution in [2.45, 2.75) is 84.0 Å². The van der Waals surface area contributed by atoms with Crippen molar-refractivity contribution in [1.82, 2.24) is 30.2 Å². The molecule has 2 aromatic rings. The summed E-state index contributed by atoms with van der Waals surface area (Å²) < 4.78 is 60.5. The Morgan fingerprint density at radius 2 is 1.75 bits per heavy atom. The van der Waals surface area contributed by atoms with Crippen molar-refractivity contribution in [2.75, 3.05) is 37.8 Å². The number of aromatic nitrogens is 4. The van der Waals surface area contributed by atoms with E-state index in [2.05, 4.69) is 50.4 Å². The molecule has 2 amide bonds. The normalized spacial score (nSPS) is 22.2. The Bertz CT molecular complexity index is 1820. The lowest BCUT2D eigenvalue weighted by Gasteiger charge is -2.36. The van der Waals surface area contributed by atoms with E-state index >= 15 is 0 Å². The van der Waals surface area contributed by atoms with Crippen molar-refractivity contribution in [2.24, 2.45) is 11.3 Å². The average Bonchev–Trinajstić information content (AvgIpc) is 3.66. The first-order valence-electron chi connectivity index (χ1n) is 16.9. The molecule has 56 heavy (non-hydrogen) atoms. The Morgan fingerprint density at radius 3 is 2.41 bits per heavy atom. The number of anilines is 1. The van der Waals surface area contributed by atoms with Gasteiger partial charge in [0.25, 0.3) is 15.6 Å². The van der Waals surface area contributed by atoms with Crippen LogP contribution in [0.2, 0.25) is 0 Å². The number of amides is 2. The van der Waals surface area contributed by atoms with Crippen LogP contribution in [0.4, 0.5) is 5.82 Å². The monoisotopic (exact) mass is 875 g/mol. The maximum Gasteiger partial charge on any atom is 0.274 e. The highest BCUT2D eigenvalue weighted by Gasteiger charge is 2.47. The fourth-order valence-electron chi connectivity index (χ4n) is 4.91. The van der Waals surface area contributed by atoms with Crippen LogP contribution in [-0.2, 0) is 50.7 Å². The molecule has 2 aromatic heterocycles. The Morgan fingerprint density at radius 1 is 1.07 bits per heavy atom. The molecule has 0 saturated carbocycles. The SMILES string of the molecule is CCC(C)CCC(=O)SCCNC(=O)CCNC(=O)C(O)C(C)(C)COP(=O)([O-])OP(=O)([O-])OCC1OC(n2cnc3c(N)ncnc32)C(O)C1OP(=O)([O-])[O-]. The summed E-state index contributed by atoms with van der Waals surface area (Å²) in [5.74, 6) is -0.712. The molecule has 1 aliphatic rings. The summed E-state index contributed by atoms with van der Waals surface area (Å²) in [4.78, 5) is 96.0. The number of ether oxygens (including phenoxy) is 1. The van der Waals surface area contributed by atoms with Crippen LogP contribution in [0.5, 0.6) is 0 Å². The zero-order valence-corrected chi connectivity index (χ0v) is 34.1. The van der Waals surface area contributed by atoms with Gasteiger partial charge in [0, 0.05) is 37.1 Å². The van der Waals surface area contributed by atoms with Gasteiger partial charge in [-0.2, -0.15) is 0 Å². The summed E-state index contributed by atoms with van der Waals surface area (Å²) in [5.41, 5.74) is 4.08. The fourth-order valence-corrected chi connectivity index (χ4v) is 8.34. The van der Waals surface area contributed by atoms with Crippen LogP contribution < -0.4 is 35.9 Å². The lowest BCUT2D eigenvalue weighted by molar-refractivity contribution is -0.347. The van der Waals surface area contributed by atoms with Gasteiger partial charge in [-0.25, -0.2) is 19.3 Å². The third kappa shape index (κ3) is 14.7. The summed E-state index contributed by atoms with van der Waals surface area (Å²) >= 11 is 1.11. The zero-order valence-electron chi connectivity index (χ0n) is 30.6. The number of hydrogen-bond acceptors (Lipinski definition) is 22. The summed E-state index contributed by atoms with van der Waals surface area (Å²) in [6, 6.07) is 0. The van der Waals surface area contributed by atoms with Crippen molar-refractivity contribution in [3.8, 4) is 0 Å². The van der Waals surface area contributed by atoms with Crippen LogP contribution in [0, 0.1) is 11.3 Å². The smallest absolute Gasteiger partial charge is 0.274 e. The van der Waals surface area contributed by atoms with Crippen molar-refractivity contribution in [3.63, 3.8) is 0 Å². The Hall–Kier alpha value is -2.44. The van der Waals surface area contributed by atoms with Gasteiger partial charge < -0.3 is 69.0 Å². The number of rotatable bonds is 23. The van der Waals surface area contributed by atoms with E-state index < -0.39 is 84.6 Å². The first-order valence-corrected chi connectivity index (χ1v) is 22.3. The second-order valence-electron chi connectivity index (χ2n) is 13.3. The number of phosphoric ester groups is 3. The molecular weight excluding hydrogens is 831 g/mol. The van der Waals surface area contributed by atoms with E-state index in [0.29, 0.717) is 18.1 Å². The number of aliphatic hydroxyl groups is 2. The number of fused-ring (bicyclic) bond motifs is 1. The number of nitrogens with one attached hydrogen (secondary N) is 2. The number of nitrogen functional groups attached to an aromatic ring is 1. The largest absolute Gasteiger partial charge is 0.790 e. The summed E-state index contributed by atoms with van der Waals surface area (Å²) in [5, 5.41) is 26.3. The highest BCUT2D eigenvalue weighted by Crippen LogP contribution is 2.56. The summed E-state index contributed by atoms with van der Waals surface area (Å²) in [7, 11) is -17.6. The van der Waals surface area contributed by atoms with Gasteiger partial charge in [0.15, 0.2) is 22.8 Å². The molecule has 0 bridgehead atoms. The van der Waals surface area contributed by atoms with Crippen LogP contribution in [0.25, 0.3) is 11.2 Å². The lowest BCUT2D eigenvalue weighted by Crippen LogP contribution is -2.46. The maximum absolute atomic E-state index is 12.5. The minimum atomic E-state index is -5.91. The quantitative estimate of drug-likeness (QED) is 0.0593. The molecule has 0 spiro atoms. The van der Waals surface area contributed by atoms with Gasteiger partial charge in [-0.3, -0.25) is 28.1 Å². The Labute approximate surface area is 325 Å². The predicted molar refractivity (Wildman–Crippen MR) is 187 cm³/mol. The van der Waals surface area contributed by atoms with Gasteiger partial charge in [-0.1, -0.05) is 45.9 Å². The number of nitrogens with two attached hydrogens (primary N) is 1. The molecule has 8 atom stereocenters. The van der Waals surface area contributed by atoms with Crippen LogP contribution in [0.15, 0.2) is 12.7 Å². The summed E-state index contributed by atoms with van der Waals surface area (Å²) in [6.07, 6.45) is -5.34. The Kier molecular flexibility index (Phi) is 17.5. The zero-order chi connectivity index (χ0) is 42.1. The topological polar surface area (TPSA) is 375 Å². The van der Waals surface area contributed by atoms with Crippen LogP contribution in [0.3, 0.4) is 0 Å². The number of thioether (sulfide) groups is 1. The van der Waals surface area contributed by atoms with Crippen LogP contribution >= 0.6 is 35.2 Å². The highest BCUT2D eigenvalue weighted by atomic mass is 32.2. The van der Waals surface area contributed by atoms with Crippen LogP contribution in [0.1, 0.15) is 59.6 Å². The van der Waals surface area contributed by atoms with Gasteiger partial charge >= 0.3 is 0 Å². The third-order valence-electron chi connectivity index (χ3n) is 8.28. The Balaban J connectivity index is 1.48. The van der Waals surface area contributed by atoms with Gasteiger partial charge in [-0.05, 0) is 12.3 Å². The van der Waals surface area contributed by atoms with E-state index in [0.717, 1.165) is 41.8 Å². The molecule has 8 unspecified atom stereocenters. The van der Waals surface area contributed by atoms with Crippen molar-refractivity contribution < 1.29 is 80.5 Å². The number of carbonyl (C=O) groups excluding carboxylic acids is 3. The van der Waals surface area contributed by atoms with Gasteiger partial charge in [0.2, 0.25) is 11.8 Å². The van der Waals surface area contributed by atoms with Gasteiger partial charge in [0.05, 0.1) is 27.4 Å². The average molecular weight is 876 g/mol. The number of aliphatic hydroxyl groups excluding tert-OH is 2. The predicted octanol–water partition coefficient (Wildman–Crippen LogP) is -2.04. The minimum Gasteiger partial charge on any atom is -0.790 e. The molecular formula is C28H44N7O17P3S-4. The van der Waals surface area contributed by atoms with E-state index in [-0.39, 0.29) is 41.6 Å². The van der Waals surface area contributed by atoms with Gasteiger partial charge in [0.1, 0.15) is 36.3 Å². The number of carbonyl (C=O) groups is 3. The molecule has 1 aliphatic heterocycles. The molecule has 24 nitrogen and oxygen atoms in total. The number of phosphoric acid groups is 3. The van der Waals surface area contributed by atoms with Crippen LogP contribution in [-0.4, -0.2) is 103 Å². The molecule has 318 valence electrons. The molecule has 0 aromatic carbocycles. The molecule has 28 heteroatoms. The standard InChI is InChI=1S/C28H48N7O17P3S/c1-5-16(2)6-7-19(37)56-11-10-30-18(36)8-9-31-26(40)23(39)28(3,4)13-49-55(46,47)52-54(44,45)48-12-17-22(51-53(41,42)43)21(38)27(50-17)35-15-34-20-24(29)32-14-33-25(20)35/h14-17,21-23,27,38-39H,5-13H2,1-4H3,(H,30,36)(H,31,40)(H,44,45)(H,46,47)(H2,29,32,33)(H2,41,42,43)/p-4. The molecule has 1 fully saturated rings. The molecule has 0 aliphatic carbocycles. The number of imidazole rings is 1. The first kappa shape index (κ1) is 47.9. The third-order valence-corrected chi connectivity index (χ3v) is 12.2. The number of nitrogens with zero attached hydrogens (tertiary/aromatic N) is 4. The van der Waals surface area contributed by atoms with E-state index in [1.165, 1.54) is 13.8 Å². The first-order chi connectivity index (χ1) is 25.9. The molecule has 6 N–H and O–H groups in total. The van der Waals surface area contributed by atoms with Crippen molar-refractivity contribution >= 4 is 69.1 Å². The molecule has 1 saturated heterocycles. The van der Waals surface area contributed by atoms with E-state index in [9.17, 15) is 57.9 Å². The number of hydrogen-bond donors (Lipinski definition) is 5. The molecule has 3 heterocycles. The van der Waals surface area contributed by atoms with E-state index in [1.54, 1.807) is 0 Å². The van der Waals surface area contributed by atoms with Crippen molar-refractivity contribution in [3.05, 3.63) is 12.7 Å². The maximum atomic E-state index is 12.5. The molecule has 0 radical (unpaired) electrons. The van der Waals surface area contributed by atoms with E-state index in [1.807, 2.05) is 6.92 Å². The molecule has 3 rings (SSSR count). The minimum absolute atomic E-state index is 0.0200. The van der Waals surface area contributed by atoms with Crippen molar-refractivity contribution in [1.29, 1.82) is 0 Å². The summed E-state index contributed by atoms with van der Waals surface area (Å²) in [6.45, 7) is 4.25. The van der Waals surface area contributed by atoms with E-state index in [4.69, 9.17) is 10.5 Å². The van der Waals surface area contributed by atoms with Gasteiger partial charge in [-0.15, -0.1) is 0 Å². The lowest BCUT2D eigenvalue weighted by atomic mass is 9.87. The second-order valence-corrected chi connectivity index (χ2v) is 18.5. The second kappa shape index (κ2) is 20.5.